The van der Waals surface area contributed by atoms with E-state index >= 15 is 0 Å². The van der Waals surface area contributed by atoms with E-state index in [4.69, 9.17) is 9.57 Å². The van der Waals surface area contributed by atoms with Crippen molar-refractivity contribution in [1.82, 2.24) is 0 Å². The third-order valence-electron chi connectivity index (χ3n) is 6.60. The molecule has 6 nitrogen and oxygen atoms in total. The number of carbonyl (C=O) groups excluding carboxylic acids is 2. The molecule has 0 saturated heterocycles. The van der Waals surface area contributed by atoms with Crippen molar-refractivity contribution in [2.45, 2.75) is 12.2 Å². The standard InChI is InChI=1S/C30H22N2O4/c33-28(21-13-5-2-6-14-21)26-27(32-36-30(26)23-16-8-9-17-24(23)31-29(30)34)22-15-7-10-18-25(22)35-19-20-11-3-1-4-12-20/h1-18,26H,19H2,(H,31,34)/t26-,30+/m1/s1. The van der Waals surface area contributed by atoms with Crippen molar-refractivity contribution >= 4 is 23.1 Å². The minimum atomic E-state index is -1.61. The molecule has 1 spiro atoms. The largest absolute Gasteiger partial charge is 0.488 e. The second-order valence-corrected chi connectivity index (χ2v) is 8.74. The Hall–Kier alpha value is -4.71. The number of ether oxygens (including phenoxy) is 1. The van der Waals surface area contributed by atoms with Crippen molar-refractivity contribution < 1.29 is 19.2 Å². The molecular weight excluding hydrogens is 452 g/mol. The average Bonchev–Trinajstić information content (AvgIpc) is 3.47. The summed E-state index contributed by atoms with van der Waals surface area (Å²) in [6.45, 7) is 0.345. The van der Waals surface area contributed by atoms with Crippen LogP contribution in [0.3, 0.4) is 0 Å². The fraction of sp³-hybridized carbons (Fsp3) is 0.100. The molecule has 2 aliphatic rings. The van der Waals surface area contributed by atoms with Crippen LogP contribution in [-0.2, 0) is 21.8 Å². The van der Waals surface area contributed by atoms with Crippen LogP contribution in [0.5, 0.6) is 5.75 Å². The molecule has 6 rings (SSSR count). The van der Waals surface area contributed by atoms with Crippen LogP contribution in [0, 0.1) is 5.92 Å². The van der Waals surface area contributed by atoms with Crippen LogP contribution in [0.4, 0.5) is 5.69 Å². The number of nitrogens with one attached hydrogen (secondary N) is 1. The molecule has 0 saturated carbocycles. The first-order valence-corrected chi connectivity index (χ1v) is 11.7. The van der Waals surface area contributed by atoms with Crippen LogP contribution in [-0.4, -0.2) is 17.4 Å². The first kappa shape index (κ1) is 21.8. The molecule has 1 amide bonds. The Morgan fingerprint density at radius 2 is 1.53 bits per heavy atom. The predicted molar refractivity (Wildman–Crippen MR) is 136 cm³/mol. The zero-order valence-electron chi connectivity index (χ0n) is 19.3. The maximum atomic E-state index is 14.1. The van der Waals surface area contributed by atoms with Crippen LogP contribution >= 0.6 is 0 Å². The Labute approximate surface area is 208 Å². The lowest BCUT2D eigenvalue weighted by molar-refractivity contribution is -0.140. The number of rotatable bonds is 6. The Morgan fingerprint density at radius 1 is 0.861 bits per heavy atom. The van der Waals surface area contributed by atoms with E-state index in [2.05, 4.69) is 10.5 Å². The Bertz CT molecular complexity index is 1480. The minimum absolute atomic E-state index is 0.253. The van der Waals surface area contributed by atoms with Crippen LogP contribution in [0.25, 0.3) is 0 Å². The fourth-order valence-electron chi connectivity index (χ4n) is 4.87. The van der Waals surface area contributed by atoms with Crippen molar-refractivity contribution in [3.63, 3.8) is 0 Å². The van der Waals surface area contributed by atoms with Gasteiger partial charge in [-0.1, -0.05) is 96.2 Å². The van der Waals surface area contributed by atoms with Crippen LogP contribution < -0.4 is 10.1 Å². The molecule has 0 radical (unpaired) electrons. The molecule has 2 heterocycles. The molecule has 0 unspecified atom stereocenters. The number of fused-ring (bicyclic) bond motifs is 2. The molecule has 0 aromatic heterocycles. The number of oxime groups is 1. The fourth-order valence-corrected chi connectivity index (χ4v) is 4.87. The third-order valence-corrected chi connectivity index (χ3v) is 6.60. The summed E-state index contributed by atoms with van der Waals surface area (Å²) >= 11 is 0. The van der Waals surface area contributed by atoms with Crippen LogP contribution in [0.1, 0.15) is 27.0 Å². The molecule has 176 valence electrons. The van der Waals surface area contributed by atoms with Crippen LogP contribution in [0.15, 0.2) is 114 Å². The number of carbonyl (C=O) groups is 2. The van der Waals surface area contributed by atoms with Crippen molar-refractivity contribution in [2.75, 3.05) is 5.32 Å². The van der Waals surface area contributed by atoms with Crippen molar-refractivity contribution in [3.8, 4) is 5.75 Å². The van der Waals surface area contributed by atoms with Crippen molar-refractivity contribution in [1.29, 1.82) is 0 Å². The third kappa shape index (κ3) is 3.46. The first-order chi connectivity index (χ1) is 17.7. The maximum Gasteiger partial charge on any atom is 0.277 e. The molecule has 0 aliphatic carbocycles. The van der Waals surface area contributed by atoms with Gasteiger partial charge in [0.05, 0.1) is 0 Å². The van der Waals surface area contributed by atoms with E-state index in [1.807, 2.05) is 72.8 Å². The highest BCUT2D eigenvalue weighted by molar-refractivity contribution is 6.25. The van der Waals surface area contributed by atoms with Crippen molar-refractivity contribution in [3.05, 3.63) is 131 Å². The summed E-state index contributed by atoms with van der Waals surface area (Å²) in [6, 6.07) is 33.4. The highest BCUT2D eigenvalue weighted by atomic mass is 16.7. The van der Waals surface area contributed by atoms with Gasteiger partial charge < -0.3 is 14.9 Å². The molecule has 6 heteroatoms. The van der Waals surface area contributed by atoms with Crippen LogP contribution in [0.2, 0.25) is 0 Å². The predicted octanol–water partition coefficient (Wildman–Crippen LogP) is 5.35. The van der Waals surface area contributed by atoms with Gasteiger partial charge in [0.2, 0.25) is 0 Å². The van der Waals surface area contributed by atoms with Gasteiger partial charge in [0.15, 0.2) is 5.78 Å². The SMILES string of the molecule is O=C(c1ccccc1)[C@H]1C(c2ccccc2OCc2ccccc2)=NO[C@]12C(=O)Nc1ccccc12. The summed E-state index contributed by atoms with van der Waals surface area (Å²) < 4.78 is 6.17. The van der Waals surface area contributed by atoms with E-state index in [1.54, 1.807) is 36.4 Å². The monoisotopic (exact) mass is 474 g/mol. The number of hydrogen-bond donors (Lipinski definition) is 1. The summed E-state index contributed by atoms with van der Waals surface area (Å²) in [7, 11) is 0. The molecule has 4 aromatic rings. The zero-order chi connectivity index (χ0) is 24.5. The number of Topliss-reactive ketones (excluding diaryl/α,β-unsaturated/α-hetero) is 1. The van der Waals surface area contributed by atoms with Gasteiger partial charge in [0.25, 0.3) is 11.5 Å². The lowest BCUT2D eigenvalue weighted by Crippen LogP contribution is -2.46. The van der Waals surface area contributed by atoms with Gasteiger partial charge in [-0.25, -0.2) is 0 Å². The normalized spacial score (nSPS) is 19.8. The number of hydrogen-bond acceptors (Lipinski definition) is 5. The smallest absolute Gasteiger partial charge is 0.277 e. The minimum Gasteiger partial charge on any atom is -0.488 e. The van der Waals surface area contributed by atoms with Gasteiger partial charge in [-0.15, -0.1) is 0 Å². The molecule has 2 atom stereocenters. The lowest BCUT2D eigenvalue weighted by Gasteiger charge is -2.27. The molecular formula is C30H22N2O4. The summed E-state index contributed by atoms with van der Waals surface area (Å²) in [5, 5.41) is 7.27. The number of nitrogens with zero attached hydrogens (tertiary/aromatic N) is 1. The van der Waals surface area contributed by atoms with E-state index < -0.39 is 17.4 Å². The highest BCUT2D eigenvalue weighted by Crippen LogP contribution is 2.50. The Morgan fingerprint density at radius 3 is 2.33 bits per heavy atom. The molecule has 0 bridgehead atoms. The molecule has 1 N–H and O–H groups in total. The number of benzene rings is 4. The number of para-hydroxylation sites is 2. The van der Waals surface area contributed by atoms with E-state index in [-0.39, 0.29) is 5.78 Å². The molecule has 2 aliphatic heterocycles. The quantitative estimate of drug-likeness (QED) is 0.383. The van der Waals surface area contributed by atoms with Gasteiger partial charge in [-0.2, -0.15) is 0 Å². The Balaban J connectivity index is 1.45. The average molecular weight is 475 g/mol. The van der Waals surface area contributed by atoms with Gasteiger partial charge in [-0.3, -0.25) is 9.59 Å². The van der Waals surface area contributed by atoms with E-state index in [0.29, 0.717) is 40.4 Å². The van der Waals surface area contributed by atoms with Gasteiger partial charge >= 0.3 is 0 Å². The van der Waals surface area contributed by atoms with E-state index in [9.17, 15) is 9.59 Å². The highest BCUT2D eigenvalue weighted by Gasteiger charge is 2.63. The summed E-state index contributed by atoms with van der Waals surface area (Å²) in [6.07, 6.45) is 0. The Kier molecular flexibility index (Phi) is 5.34. The lowest BCUT2D eigenvalue weighted by atomic mass is 9.74. The van der Waals surface area contributed by atoms with Gasteiger partial charge in [0.1, 0.15) is 24.0 Å². The maximum absolute atomic E-state index is 14.1. The summed E-state index contributed by atoms with van der Waals surface area (Å²) in [5.74, 6) is -1.13. The number of amides is 1. The van der Waals surface area contributed by atoms with E-state index in [1.165, 1.54) is 0 Å². The molecule has 36 heavy (non-hydrogen) atoms. The van der Waals surface area contributed by atoms with Crippen molar-refractivity contribution in [2.24, 2.45) is 11.1 Å². The first-order valence-electron chi connectivity index (χ1n) is 11.7. The zero-order valence-corrected chi connectivity index (χ0v) is 19.3. The van der Waals surface area contributed by atoms with Gasteiger partial charge in [-0.05, 0) is 23.8 Å². The van der Waals surface area contributed by atoms with E-state index in [0.717, 1.165) is 5.56 Å². The molecule has 0 fully saturated rings. The summed E-state index contributed by atoms with van der Waals surface area (Å²) in [4.78, 5) is 33.5. The second kappa shape index (κ2) is 8.82. The molecule has 4 aromatic carbocycles. The van der Waals surface area contributed by atoms with Gasteiger partial charge in [0, 0.05) is 22.4 Å². The second-order valence-electron chi connectivity index (χ2n) is 8.74. The number of ketones is 1. The summed E-state index contributed by atoms with van der Waals surface area (Å²) in [5.41, 5.74) is 2.04. The number of anilines is 1. The topological polar surface area (TPSA) is 77.0 Å².